The third-order valence-corrected chi connectivity index (χ3v) is 4.05. The lowest BCUT2D eigenvalue weighted by Gasteiger charge is -2.31. The maximum absolute atomic E-state index is 12.3. The molecule has 2 heterocycles. The van der Waals surface area contributed by atoms with Crippen LogP contribution in [-0.2, 0) is 4.79 Å². The molecular formula is C16H20N6O2. The normalized spacial score (nSPS) is 16.0. The highest BCUT2D eigenvalue weighted by molar-refractivity contribution is 5.92. The van der Waals surface area contributed by atoms with Crippen molar-refractivity contribution in [1.82, 2.24) is 25.2 Å². The number of nitrogens with two attached hydrogens (primary N) is 1. The van der Waals surface area contributed by atoms with Gasteiger partial charge in [0.15, 0.2) is 5.69 Å². The number of carbonyl (C=O) groups excluding carboxylic acids is 2. The van der Waals surface area contributed by atoms with Crippen LogP contribution in [0.3, 0.4) is 0 Å². The van der Waals surface area contributed by atoms with Crippen LogP contribution in [0.25, 0.3) is 5.69 Å². The van der Waals surface area contributed by atoms with Gasteiger partial charge in [0.2, 0.25) is 5.91 Å². The molecule has 2 amide bonds. The number of hydrogen-bond acceptors (Lipinski definition) is 5. The van der Waals surface area contributed by atoms with E-state index in [9.17, 15) is 9.59 Å². The van der Waals surface area contributed by atoms with Crippen molar-refractivity contribution in [3.63, 3.8) is 0 Å². The lowest BCUT2D eigenvalue weighted by atomic mass is 10.0. The summed E-state index contributed by atoms with van der Waals surface area (Å²) in [7, 11) is 0. The van der Waals surface area contributed by atoms with Gasteiger partial charge < -0.3 is 11.1 Å². The quantitative estimate of drug-likeness (QED) is 0.800. The Bertz CT molecular complexity index is 706. The minimum Gasteiger partial charge on any atom is -0.369 e. The highest BCUT2D eigenvalue weighted by atomic mass is 16.2. The molecule has 3 N–H and O–H groups in total. The number of nitrogens with one attached hydrogen (secondary N) is 1. The van der Waals surface area contributed by atoms with Crippen LogP contribution in [0, 0.1) is 0 Å². The Balaban J connectivity index is 1.55. The number of hydrogen-bond donors (Lipinski definition) is 2. The van der Waals surface area contributed by atoms with Crippen molar-refractivity contribution >= 4 is 11.8 Å². The molecule has 3 rings (SSSR count). The minimum absolute atomic E-state index is 0.0727. The molecule has 0 bridgehead atoms. The van der Waals surface area contributed by atoms with E-state index in [1.54, 1.807) is 10.9 Å². The summed E-state index contributed by atoms with van der Waals surface area (Å²) in [6.07, 6.45) is 3.19. The lowest BCUT2D eigenvalue weighted by Crippen LogP contribution is -2.46. The van der Waals surface area contributed by atoms with Gasteiger partial charge in [-0.2, -0.15) is 0 Å². The van der Waals surface area contributed by atoms with Crippen molar-refractivity contribution in [2.45, 2.75) is 18.9 Å². The van der Waals surface area contributed by atoms with Crippen LogP contribution in [0.5, 0.6) is 0 Å². The summed E-state index contributed by atoms with van der Waals surface area (Å²) in [4.78, 5) is 25.2. The first kappa shape index (κ1) is 16.1. The maximum atomic E-state index is 12.3. The van der Waals surface area contributed by atoms with Crippen LogP contribution in [0.15, 0.2) is 36.5 Å². The summed E-state index contributed by atoms with van der Waals surface area (Å²) in [6, 6.07) is 9.57. The number of likely N-dealkylation sites (tertiary alicyclic amines) is 1. The van der Waals surface area contributed by atoms with E-state index in [0.717, 1.165) is 31.6 Å². The smallest absolute Gasteiger partial charge is 0.273 e. The van der Waals surface area contributed by atoms with Gasteiger partial charge in [-0.15, -0.1) is 5.10 Å². The number of nitrogens with zero attached hydrogens (tertiary/aromatic N) is 4. The second-order valence-electron chi connectivity index (χ2n) is 5.87. The van der Waals surface area contributed by atoms with E-state index < -0.39 is 0 Å². The molecule has 1 saturated heterocycles. The van der Waals surface area contributed by atoms with Crippen molar-refractivity contribution in [2.24, 2.45) is 5.73 Å². The number of primary amides is 1. The zero-order chi connectivity index (χ0) is 16.9. The minimum atomic E-state index is -0.324. The molecule has 8 nitrogen and oxygen atoms in total. The number of rotatable bonds is 5. The summed E-state index contributed by atoms with van der Waals surface area (Å²) in [5.74, 6) is -0.555. The largest absolute Gasteiger partial charge is 0.369 e. The molecule has 8 heteroatoms. The SMILES string of the molecule is NC(=O)CN1CCC(NC(=O)c2cn(-c3ccccc3)nn2)CC1. The van der Waals surface area contributed by atoms with Gasteiger partial charge in [-0.05, 0) is 25.0 Å². The Morgan fingerprint density at radius 1 is 1.21 bits per heavy atom. The number of amides is 2. The van der Waals surface area contributed by atoms with Crippen LogP contribution >= 0.6 is 0 Å². The predicted octanol–water partition coefficient (Wildman–Crippen LogP) is -0.0532. The fourth-order valence-corrected chi connectivity index (χ4v) is 2.79. The molecule has 24 heavy (non-hydrogen) atoms. The van der Waals surface area contributed by atoms with Gasteiger partial charge in [0.05, 0.1) is 18.4 Å². The molecule has 0 saturated carbocycles. The Kier molecular flexibility index (Phi) is 4.85. The van der Waals surface area contributed by atoms with Crippen LogP contribution in [0.1, 0.15) is 23.3 Å². The van der Waals surface area contributed by atoms with Gasteiger partial charge in [-0.25, -0.2) is 4.68 Å². The number of carbonyl (C=O) groups is 2. The van der Waals surface area contributed by atoms with Gasteiger partial charge in [-0.3, -0.25) is 14.5 Å². The topological polar surface area (TPSA) is 106 Å². The standard InChI is InChI=1S/C16H20N6O2/c17-15(23)11-21-8-6-12(7-9-21)18-16(24)14-10-22(20-19-14)13-4-2-1-3-5-13/h1-5,10,12H,6-9,11H2,(H2,17,23)(H,18,24). The predicted molar refractivity (Wildman–Crippen MR) is 87.5 cm³/mol. The zero-order valence-electron chi connectivity index (χ0n) is 13.3. The number of benzene rings is 1. The van der Waals surface area contributed by atoms with Crippen molar-refractivity contribution in [3.05, 3.63) is 42.2 Å². The van der Waals surface area contributed by atoms with E-state index in [1.165, 1.54) is 0 Å². The molecule has 1 fully saturated rings. The molecule has 1 aliphatic rings. The summed E-state index contributed by atoms with van der Waals surface area (Å²) >= 11 is 0. The van der Waals surface area contributed by atoms with Crippen molar-refractivity contribution in [1.29, 1.82) is 0 Å². The molecule has 0 unspecified atom stereocenters. The Hall–Kier alpha value is -2.74. The highest BCUT2D eigenvalue weighted by Gasteiger charge is 2.23. The average molecular weight is 328 g/mol. The second kappa shape index (κ2) is 7.22. The summed E-state index contributed by atoms with van der Waals surface area (Å²) in [5.41, 5.74) is 6.34. The van der Waals surface area contributed by atoms with Gasteiger partial charge >= 0.3 is 0 Å². The van der Waals surface area contributed by atoms with Gasteiger partial charge in [0.1, 0.15) is 0 Å². The van der Waals surface area contributed by atoms with Crippen molar-refractivity contribution in [2.75, 3.05) is 19.6 Å². The molecule has 1 aliphatic heterocycles. The molecule has 0 atom stereocenters. The second-order valence-corrected chi connectivity index (χ2v) is 5.87. The summed E-state index contributed by atoms with van der Waals surface area (Å²) < 4.78 is 1.57. The maximum Gasteiger partial charge on any atom is 0.273 e. The number of aromatic nitrogens is 3. The third-order valence-electron chi connectivity index (χ3n) is 4.05. The van der Waals surface area contributed by atoms with Crippen LogP contribution in [0.2, 0.25) is 0 Å². The first-order valence-electron chi connectivity index (χ1n) is 7.91. The Labute approximate surface area is 139 Å². The van der Waals surface area contributed by atoms with Crippen LogP contribution < -0.4 is 11.1 Å². The van der Waals surface area contributed by atoms with Gasteiger partial charge in [0, 0.05) is 19.1 Å². The van der Waals surface area contributed by atoms with E-state index >= 15 is 0 Å². The lowest BCUT2D eigenvalue weighted by molar-refractivity contribution is -0.119. The fourth-order valence-electron chi connectivity index (χ4n) is 2.79. The summed E-state index contributed by atoms with van der Waals surface area (Å²) in [6.45, 7) is 1.75. The van der Waals surface area contributed by atoms with E-state index in [1.807, 2.05) is 35.2 Å². The van der Waals surface area contributed by atoms with E-state index in [-0.39, 0.29) is 24.4 Å². The highest BCUT2D eigenvalue weighted by Crippen LogP contribution is 2.11. The van der Waals surface area contributed by atoms with E-state index in [4.69, 9.17) is 5.73 Å². The fraction of sp³-hybridized carbons (Fsp3) is 0.375. The molecule has 1 aromatic heterocycles. The average Bonchev–Trinajstić information content (AvgIpc) is 3.07. The summed E-state index contributed by atoms with van der Waals surface area (Å²) in [5, 5.41) is 10.9. The number of para-hydroxylation sites is 1. The molecule has 0 radical (unpaired) electrons. The first-order valence-corrected chi connectivity index (χ1v) is 7.91. The van der Waals surface area contributed by atoms with Crippen LogP contribution in [0.4, 0.5) is 0 Å². The van der Waals surface area contributed by atoms with Crippen LogP contribution in [-0.4, -0.2) is 57.4 Å². The van der Waals surface area contributed by atoms with E-state index in [2.05, 4.69) is 15.6 Å². The Morgan fingerprint density at radius 2 is 1.92 bits per heavy atom. The molecule has 2 aromatic rings. The molecule has 1 aromatic carbocycles. The van der Waals surface area contributed by atoms with Crippen molar-refractivity contribution in [3.8, 4) is 5.69 Å². The van der Waals surface area contributed by atoms with Crippen molar-refractivity contribution < 1.29 is 9.59 Å². The molecular weight excluding hydrogens is 308 g/mol. The molecule has 0 spiro atoms. The third kappa shape index (κ3) is 3.96. The Morgan fingerprint density at radius 3 is 2.58 bits per heavy atom. The molecule has 0 aliphatic carbocycles. The zero-order valence-corrected chi connectivity index (χ0v) is 13.3. The monoisotopic (exact) mass is 328 g/mol. The molecule has 126 valence electrons. The van der Waals surface area contributed by atoms with Gasteiger partial charge in [-0.1, -0.05) is 23.4 Å². The van der Waals surface area contributed by atoms with E-state index in [0.29, 0.717) is 5.69 Å². The number of piperidine rings is 1. The van der Waals surface area contributed by atoms with Gasteiger partial charge in [0.25, 0.3) is 5.91 Å². The first-order chi connectivity index (χ1) is 11.6.